The van der Waals surface area contributed by atoms with Gasteiger partial charge in [-0.1, -0.05) is 27.2 Å². The predicted molar refractivity (Wildman–Crippen MR) is 83.2 cm³/mol. The van der Waals surface area contributed by atoms with E-state index >= 15 is 0 Å². The first kappa shape index (κ1) is 15.3. The minimum atomic E-state index is 0.299. The van der Waals surface area contributed by atoms with Crippen molar-refractivity contribution >= 4 is 0 Å². The molecule has 0 aromatic rings. The van der Waals surface area contributed by atoms with Crippen LogP contribution in [-0.2, 0) is 0 Å². The van der Waals surface area contributed by atoms with Crippen molar-refractivity contribution in [1.82, 2.24) is 4.90 Å². The second-order valence-electron chi connectivity index (χ2n) is 8.12. The zero-order chi connectivity index (χ0) is 14.1. The minimum absolute atomic E-state index is 0.299. The molecular weight excluding hydrogens is 232 g/mol. The van der Waals surface area contributed by atoms with Crippen LogP contribution >= 0.6 is 0 Å². The molecule has 0 aromatic carbocycles. The van der Waals surface area contributed by atoms with Gasteiger partial charge >= 0.3 is 0 Å². The Hall–Kier alpha value is -0.0800. The summed E-state index contributed by atoms with van der Waals surface area (Å²) < 4.78 is 0. The Labute approximate surface area is 120 Å². The van der Waals surface area contributed by atoms with E-state index < -0.39 is 0 Å². The normalized spacial score (nSPS) is 40.9. The lowest BCUT2D eigenvalue weighted by Gasteiger charge is -2.50. The summed E-state index contributed by atoms with van der Waals surface area (Å²) in [6.45, 7) is 11.8. The summed E-state index contributed by atoms with van der Waals surface area (Å²) in [5, 5.41) is 0. The molecular formula is C17H34N2. The van der Waals surface area contributed by atoms with Crippen LogP contribution in [0.25, 0.3) is 0 Å². The van der Waals surface area contributed by atoms with E-state index in [1.807, 2.05) is 0 Å². The van der Waals surface area contributed by atoms with Crippen molar-refractivity contribution in [3.63, 3.8) is 0 Å². The fourth-order valence-corrected chi connectivity index (χ4v) is 4.44. The van der Waals surface area contributed by atoms with E-state index in [0.717, 1.165) is 12.5 Å². The van der Waals surface area contributed by atoms with Crippen molar-refractivity contribution in [2.45, 2.75) is 84.2 Å². The average molecular weight is 266 g/mol. The maximum absolute atomic E-state index is 6.28. The van der Waals surface area contributed by atoms with Gasteiger partial charge in [0.25, 0.3) is 0 Å². The van der Waals surface area contributed by atoms with Gasteiger partial charge in [0, 0.05) is 18.1 Å². The van der Waals surface area contributed by atoms with E-state index in [1.54, 1.807) is 0 Å². The van der Waals surface area contributed by atoms with Crippen LogP contribution in [0, 0.1) is 11.3 Å². The maximum atomic E-state index is 6.28. The lowest BCUT2D eigenvalue weighted by molar-refractivity contribution is 0.00329. The van der Waals surface area contributed by atoms with Gasteiger partial charge in [-0.15, -0.1) is 0 Å². The van der Waals surface area contributed by atoms with Crippen molar-refractivity contribution in [3.8, 4) is 0 Å². The number of rotatable bonds is 2. The first-order valence-corrected chi connectivity index (χ1v) is 8.35. The summed E-state index contributed by atoms with van der Waals surface area (Å²) in [6.07, 6.45) is 9.38. The minimum Gasteiger partial charge on any atom is -0.329 e. The van der Waals surface area contributed by atoms with Crippen molar-refractivity contribution in [2.75, 3.05) is 13.1 Å². The molecule has 2 nitrogen and oxygen atoms in total. The van der Waals surface area contributed by atoms with Crippen LogP contribution in [0.3, 0.4) is 0 Å². The van der Waals surface area contributed by atoms with Gasteiger partial charge in [0.15, 0.2) is 0 Å². The molecule has 0 amide bonds. The summed E-state index contributed by atoms with van der Waals surface area (Å²) >= 11 is 0. The molecule has 112 valence electrons. The maximum Gasteiger partial charge on any atom is 0.0334 e. The summed E-state index contributed by atoms with van der Waals surface area (Å²) in [7, 11) is 0. The van der Waals surface area contributed by atoms with Gasteiger partial charge in [-0.3, -0.25) is 4.90 Å². The molecule has 0 aromatic heterocycles. The highest BCUT2D eigenvalue weighted by Crippen LogP contribution is 2.42. The van der Waals surface area contributed by atoms with Crippen LogP contribution in [0.2, 0.25) is 0 Å². The van der Waals surface area contributed by atoms with Gasteiger partial charge in [0.05, 0.1) is 0 Å². The Morgan fingerprint density at radius 3 is 2.47 bits per heavy atom. The number of piperidine rings is 1. The topological polar surface area (TPSA) is 29.3 Å². The van der Waals surface area contributed by atoms with Gasteiger partial charge in [-0.05, 0) is 63.3 Å². The number of nitrogens with zero attached hydrogens (tertiary/aromatic N) is 1. The molecule has 2 fully saturated rings. The molecule has 1 saturated carbocycles. The van der Waals surface area contributed by atoms with E-state index in [2.05, 4.69) is 32.6 Å². The van der Waals surface area contributed by atoms with Crippen LogP contribution in [0.15, 0.2) is 0 Å². The standard InChI is InChI=1S/C17H34N2/c1-14-6-11-19(15(2)12-14)17(13-18)8-5-7-16(3,4)9-10-17/h14-15H,5-13,18H2,1-4H3. The van der Waals surface area contributed by atoms with Crippen molar-refractivity contribution in [1.29, 1.82) is 0 Å². The van der Waals surface area contributed by atoms with Gasteiger partial charge in [0.1, 0.15) is 0 Å². The van der Waals surface area contributed by atoms with E-state index in [9.17, 15) is 0 Å². The summed E-state index contributed by atoms with van der Waals surface area (Å²) in [5.41, 5.74) is 7.10. The monoisotopic (exact) mass is 266 g/mol. The second kappa shape index (κ2) is 5.73. The van der Waals surface area contributed by atoms with E-state index in [1.165, 1.54) is 51.5 Å². The molecule has 0 spiro atoms. The first-order valence-electron chi connectivity index (χ1n) is 8.35. The molecule has 2 aliphatic rings. The summed E-state index contributed by atoms with van der Waals surface area (Å²) in [6, 6.07) is 0.716. The molecule has 3 unspecified atom stereocenters. The number of hydrogen-bond acceptors (Lipinski definition) is 2. The largest absolute Gasteiger partial charge is 0.329 e. The van der Waals surface area contributed by atoms with Gasteiger partial charge < -0.3 is 5.73 Å². The van der Waals surface area contributed by atoms with Gasteiger partial charge in [-0.2, -0.15) is 0 Å². The molecule has 2 rings (SSSR count). The Kier molecular flexibility index (Phi) is 4.62. The highest BCUT2D eigenvalue weighted by Gasteiger charge is 2.42. The molecule has 2 heteroatoms. The van der Waals surface area contributed by atoms with Crippen LogP contribution < -0.4 is 5.73 Å². The number of nitrogens with two attached hydrogens (primary N) is 1. The fraction of sp³-hybridized carbons (Fsp3) is 1.00. The number of hydrogen-bond donors (Lipinski definition) is 1. The second-order valence-corrected chi connectivity index (χ2v) is 8.12. The zero-order valence-electron chi connectivity index (χ0n) is 13.5. The predicted octanol–water partition coefficient (Wildman–Crippen LogP) is 3.79. The van der Waals surface area contributed by atoms with E-state index in [-0.39, 0.29) is 0 Å². The smallest absolute Gasteiger partial charge is 0.0334 e. The molecule has 1 heterocycles. The molecule has 2 N–H and O–H groups in total. The van der Waals surface area contributed by atoms with Crippen molar-refractivity contribution in [3.05, 3.63) is 0 Å². The third kappa shape index (κ3) is 3.33. The van der Waals surface area contributed by atoms with E-state index in [0.29, 0.717) is 17.0 Å². The molecule has 3 atom stereocenters. The molecule has 1 aliphatic heterocycles. The molecule has 1 saturated heterocycles. The van der Waals surface area contributed by atoms with Crippen LogP contribution in [0.5, 0.6) is 0 Å². The van der Waals surface area contributed by atoms with Gasteiger partial charge in [-0.25, -0.2) is 0 Å². The zero-order valence-corrected chi connectivity index (χ0v) is 13.5. The summed E-state index contributed by atoms with van der Waals surface area (Å²) in [4.78, 5) is 2.79. The van der Waals surface area contributed by atoms with Crippen molar-refractivity contribution in [2.24, 2.45) is 17.1 Å². The third-order valence-corrected chi connectivity index (χ3v) is 5.89. The molecule has 0 bridgehead atoms. The van der Waals surface area contributed by atoms with Crippen LogP contribution in [0.1, 0.15) is 72.6 Å². The van der Waals surface area contributed by atoms with Crippen molar-refractivity contribution < 1.29 is 0 Å². The van der Waals surface area contributed by atoms with Gasteiger partial charge in [0.2, 0.25) is 0 Å². The Morgan fingerprint density at radius 1 is 1.11 bits per heavy atom. The first-order chi connectivity index (χ1) is 8.88. The van der Waals surface area contributed by atoms with E-state index in [4.69, 9.17) is 5.73 Å². The lowest BCUT2D eigenvalue weighted by Crippen LogP contribution is -2.59. The Balaban J connectivity index is 2.13. The SMILES string of the molecule is CC1CCN(C2(CN)CCCC(C)(C)CC2)C(C)C1. The third-order valence-electron chi connectivity index (χ3n) is 5.89. The summed E-state index contributed by atoms with van der Waals surface area (Å²) in [5.74, 6) is 0.892. The highest BCUT2D eigenvalue weighted by molar-refractivity contribution is 4.99. The van der Waals surface area contributed by atoms with Crippen LogP contribution in [-0.4, -0.2) is 29.6 Å². The Bertz CT molecular complexity index is 300. The fourth-order valence-electron chi connectivity index (χ4n) is 4.44. The lowest BCUT2D eigenvalue weighted by atomic mass is 9.80. The quantitative estimate of drug-likeness (QED) is 0.770. The van der Waals surface area contributed by atoms with Crippen LogP contribution in [0.4, 0.5) is 0 Å². The Morgan fingerprint density at radius 2 is 1.84 bits per heavy atom. The average Bonchev–Trinajstić information content (AvgIpc) is 2.49. The number of likely N-dealkylation sites (tertiary alicyclic amines) is 1. The molecule has 1 aliphatic carbocycles. The highest BCUT2D eigenvalue weighted by atomic mass is 15.2. The molecule has 0 radical (unpaired) electrons. The molecule has 19 heavy (non-hydrogen) atoms.